The zero-order valence-corrected chi connectivity index (χ0v) is 12.7. The maximum Gasteiger partial charge on any atom is 0.251 e. The summed E-state index contributed by atoms with van der Waals surface area (Å²) in [5.74, 6) is 5.64. The first kappa shape index (κ1) is 15.9. The second-order valence-electron chi connectivity index (χ2n) is 5.28. The number of aliphatic hydroxyl groups is 1. The number of aliphatic hydroxyl groups excluding tert-OH is 1. The van der Waals surface area contributed by atoms with Gasteiger partial charge in [0.15, 0.2) is 0 Å². The Labute approximate surface area is 130 Å². The van der Waals surface area contributed by atoms with Gasteiger partial charge in [-0.25, -0.2) is 0 Å². The van der Waals surface area contributed by atoms with Gasteiger partial charge in [0.2, 0.25) is 0 Å². The minimum Gasteiger partial charge on any atom is -0.395 e. The number of carbonyl (C=O) groups is 1. The fourth-order valence-corrected chi connectivity index (χ4v) is 2.71. The fraction of sp³-hybridized carbons (Fsp3) is 0.471. The van der Waals surface area contributed by atoms with E-state index in [1.54, 1.807) is 18.2 Å². The average molecular weight is 306 g/mol. The molecular formula is C17H20ClNO2. The summed E-state index contributed by atoms with van der Waals surface area (Å²) >= 11 is 6.15. The number of rotatable bonds is 3. The van der Waals surface area contributed by atoms with Crippen LogP contribution in [0.1, 0.15) is 54.4 Å². The van der Waals surface area contributed by atoms with Crippen molar-refractivity contribution in [3.63, 3.8) is 0 Å². The van der Waals surface area contributed by atoms with E-state index < -0.39 is 0 Å². The molecule has 1 aromatic carbocycles. The summed E-state index contributed by atoms with van der Waals surface area (Å²) in [5.41, 5.74) is 1.25. The van der Waals surface area contributed by atoms with Crippen LogP contribution in [0.5, 0.6) is 0 Å². The van der Waals surface area contributed by atoms with Crippen molar-refractivity contribution in [1.29, 1.82) is 0 Å². The molecule has 0 heterocycles. The lowest BCUT2D eigenvalue weighted by molar-refractivity contribution is 0.0927. The predicted molar refractivity (Wildman–Crippen MR) is 84.4 cm³/mol. The van der Waals surface area contributed by atoms with Gasteiger partial charge in [-0.3, -0.25) is 4.79 Å². The first-order valence-corrected chi connectivity index (χ1v) is 7.78. The highest BCUT2D eigenvalue weighted by atomic mass is 35.5. The van der Waals surface area contributed by atoms with Crippen LogP contribution in [-0.4, -0.2) is 23.7 Å². The van der Waals surface area contributed by atoms with Crippen molar-refractivity contribution < 1.29 is 9.90 Å². The van der Waals surface area contributed by atoms with E-state index in [4.69, 9.17) is 16.7 Å². The Morgan fingerprint density at radius 3 is 2.76 bits per heavy atom. The third kappa shape index (κ3) is 4.77. The molecule has 0 spiro atoms. The molecule has 0 radical (unpaired) electrons. The number of benzene rings is 1. The Bertz CT molecular complexity index is 554. The molecule has 2 rings (SSSR count). The normalized spacial score (nSPS) is 15.1. The lowest BCUT2D eigenvalue weighted by atomic mass is 9.95. The van der Waals surface area contributed by atoms with Crippen molar-refractivity contribution in [2.24, 2.45) is 0 Å². The van der Waals surface area contributed by atoms with E-state index in [-0.39, 0.29) is 18.6 Å². The molecule has 1 saturated carbocycles. The minimum atomic E-state index is -0.0707. The van der Waals surface area contributed by atoms with Gasteiger partial charge in [-0.1, -0.05) is 42.7 Å². The number of hydrogen-bond donors (Lipinski definition) is 2. The van der Waals surface area contributed by atoms with Gasteiger partial charge in [0.1, 0.15) is 0 Å². The van der Waals surface area contributed by atoms with Crippen molar-refractivity contribution in [2.45, 2.75) is 44.6 Å². The van der Waals surface area contributed by atoms with Crippen molar-refractivity contribution in [1.82, 2.24) is 5.32 Å². The Kier molecular flexibility index (Phi) is 6.10. The van der Waals surface area contributed by atoms with Gasteiger partial charge >= 0.3 is 0 Å². The summed E-state index contributed by atoms with van der Waals surface area (Å²) in [5, 5.41) is 12.2. The zero-order chi connectivity index (χ0) is 15.1. The Hall–Kier alpha value is -1.50. The van der Waals surface area contributed by atoms with Crippen LogP contribution in [0.4, 0.5) is 0 Å². The molecule has 112 valence electrons. The van der Waals surface area contributed by atoms with E-state index in [2.05, 4.69) is 17.2 Å². The molecule has 0 aromatic heterocycles. The SMILES string of the molecule is O=C(NC1CCCCC1)c1ccc(C#CCCO)c(Cl)c1. The number of halogens is 1. The fourth-order valence-electron chi connectivity index (χ4n) is 2.49. The van der Waals surface area contributed by atoms with Crippen LogP contribution in [0, 0.1) is 11.8 Å². The quantitative estimate of drug-likeness (QED) is 0.843. The van der Waals surface area contributed by atoms with Crippen molar-refractivity contribution in [3.05, 3.63) is 34.3 Å². The number of amides is 1. The molecule has 0 bridgehead atoms. The van der Waals surface area contributed by atoms with Gasteiger partial charge in [0, 0.05) is 23.6 Å². The third-order valence-corrected chi connectivity index (χ3v) is 3.94. The van der Waals surface area contributed by atoms with Crippen LogP contribution in [0.2, 0.25) is 5.02 Å². The molecule has 1 fully saturated rings. The molecule has 0 unspecified atom stereocenters. The van der Waals surface area contributed by atoms with E-state index >= 15 is 0 Å². The molecule has 3 nitrogen and oxygen atoms in total. The highest BCUT2D eigenvalue weighted by molar-refractivity contribution is 6.32. The Balaban J connectivity index is 2.01. The molecule has 1 aliphatic carbocycles. The summed E-state index contributed by atoms with van der Waals surface area (Å²) in [6.07, 6.45) is 6.17. The van der Waals surface area contributed by atoms with E-state index in [0.29, 0.717) is 22.6 Å². The summed E-state index contributed by atoms with van der Waals surface area (Å²) < 4.78 is 0. The second-order valence-corrected chi connectivity index (χ2v) is 5.69. The summed E-state index contributed by atoms with van der Waals surface area (Å²) in [6, 6.07) is 5.44. The number of hydrogen-bond acceptors (Lipinski definition) is 2. The summed E-state index contributed by atoms with van der Waals surface area (Å²) in [6.45, 7) is 0.0342. The predicted octanol–water partition coefficient (Wildman–Crippen LogP) is 3.14. The molecule has 1 aliphatic rings. The Morgan fingerprint density at radius 1 is 1.33 bits per heavy atom. The molecule has 0 saturated heterocycles. The molecule has 1 aromatic rings. The van der Waals surface area contributed by atoms with Gasteiger partial charge in [0.05, 0.1) is 11.6 Å². The highest BCUT2D eigenvalue weighted by Crippen LogP contribution is 2.20. The van der Waals surface area contributed by atoms with Crippen LogP contribution in [0.15, 0.2) is 18.2 Å². The van der Waals surface area contributed by atoms with Crippen molar-refractivity contribution >= 4 is 17.5 Å². The van der Waals surface area contributed by atoms with Crippen LogP contribution >= 0.6 is 11.6 Å². The minimum absolute atomic E-state index is 0.0342. The van der Waals surface area contributed by atoms with E-state index in [9.17, 15) is 4.79 Å². The van der Waals surface area contributed by atoms with Crippen molar-refractivity contribution in [3.8, 4) is 11.8 Å². The van der Waals surface area contributed by atoms with E-state index in [0.717, 1.165) is 12.8 Å². The lowest BCUT2D eigenvalue weighted by Crippen LogP contribution is -2.36. The third-order valence-electron chi connectivity index (χ3n) is 3.63. The van der Waals surface area contributed by atoms with Crippen LogP contribution in [0.25, 0.3) is 0 Å². The monoisotopic (exact) mass is 305 g/mol. The van der Waals surface area contributed by atoms with Gasteiger partial charge in [-0.2, -0.15) is 0 Å². The maximum atomic E-state index is 12.2. The molecular weight excluding hydrogens is 286 g/mol. The van der Waals surface area contributed by atoms with Crippen LogP contribution in [-0.2, 0) is 0 Å². The van der Waals surface area contributed by atoms with Gasteiger partial charge < -0.3 is 10.4 Å². The average Bonchev–Trinajstić information content (AvgIpc) is 2.50. The zero-order valence-electron chi connectivity index (χ0n) is 12.0. The number of nitrogens with one attached hydrogen (secondary N) is 1. The van der Waals surface area contributed by atoms with Gasteiger partial charge in [-0.05, 0) is 31.0 Å². The largest absolute Gasteiger partial charge is 0.395 e. The lowest BCUT2D eigenvalue weighted by Gasteiger charge is -2.22. The first-order chi connectivity index (χ1) is 10.2. The molecule has 4 heteroatoms. The molecule has 2 N–H and O–H groups in total. The standard InChI is InChI=1S/C17H20ClNO2/c18-16-12-14(10-9-13(16)6-4-5-11-20)17(21)19-15-7-2-1-3-8-15/h9-10,12,15,20H,1-3,5,7-8,11H2,(H,19,21). The topological polar surface area (TPSA) is 49.3 Å². The second kappa shape index (κ2) is 8.07. The summed E-state index contributed by atoms with van der Waals surface area (Å²) in [7, 11) is 0. The van der Waals surface area contributed by atoms with E-state index in [1.807, 2.05) is 0 Å². The molecule has 1 amide bonds. The molecule has 0 aliphatic heterocycles. The smallest absolute Gasteiger partial charge is 0.251 e. The van der Waals surface area contributed by atoms with Crippen LogP contribution < -0.4 is 5.32 Å². The van der Waals surface area contributed by atoms with Gasteiger partial charge in [-0.15, -0.1) is 0 Å². The van der Waals surface area contributed by atoms with Crippen LogP contribution in [0.3, 0.4) is 0 Å². The van der Waals surface area contributed by atoms with Gasteiger partial charge in [0.25, 0.3) is 5.91 Å². The number of carbonyl (C=O) groups excluding carboxylic acids is 1. The van der Waals surface area contributed by atoms with E-state index in [1.165, 1.54) is 19.3 Å². The molecule has 21 heavy (non-hydrogen) atoms. The Morgan fingerprint density at radius 2 is 2.10 bits per heavy atom. The molecule has 0 atom stereocenters. The highest BCUT2D eigenvalue weighted by Gasteiger charge is 2.17. The maximum absolute atomic E-state index is 12.2. The van der Waals surface area contributed by atoms with Crippen molar-refractivity contribution in [2.75, 3.05) is 6.61 Å². The first-order valence-electron chi connectivity index (χ1n) is 7.41. The summed E-state index contributed by atoms with van der Waals surface area (Å²) in [4.78, 5) is 12.2.